The number of benzene rings is 2. The largest absolute Gasteiger partial charge is 0.298 e. The Kier molecular flexibility index (Phi) is 6.03. The molecule has 1 heteroatoms. The Morgan fingerprint density at radius 3 is 2.50 bits per heavy atom. The summed E-state index contributed by atoms with van der Waals surface area (Å²) in [5, 5.41) is 0. The average Bonchev–Trinajstić information content (AvgIpc) is 2.58. The average molecular weight is 286 g/mol. The van der Waals surface area contributed by atoms with Gasteiger partial charge in [-0.15, -0.1) is 6.42 Å². The molecule has 0 fully saturated rings. The standard InChI is InChI=1S/C21H18O/c1-2-3-4-8-13-19(16-18-11-6-5-7-12-18)21-15-10-9-14-20(21)17-22/h1,5-7,9-12,14-15,17,19H,8,13,16H2. The van der Waals surface area contributed by atoms with Gasteiger partial charge in [0.05, 0.1) is 0 Å². The second kappa shape index (κ2) is 8.50. The number of terminal acetylenes is 1. The maximum Gasteiger partial charge on any atom is 0.150 e. The molecule has 0 saturated heterocycles. The third-order valence-corrected chi connectivity index (χ3v) is 3.67. The van der Waals surface area contributed by atoms with Crippen molar-refractivity contribution in [3.63, 3.8) is 0 Å². The van der Waals surface area contributed by atoms with Gasteiger partial charge < -0.3 is 0 Å². The molecule has 0 amide bonds. The van der Waals surface area contributed by atoms with E-state index in [9.17, 15) is 4.79 Å². The number of rotatable bonds is 6. The fourth-order valence-corrected chi connectivity index (χ4v) is 2.62. The lowest BCUT2D eigenvalue weighted by atomic mass is 9.86. The van der Waals surface area contributed by atoms with Crippen LogP contribution in [0.15, 0.2) is 54.6 Å². The summed E-state index contributed by atoms with van der Waals surface area (Å²) < 4.78 is 0. The number of carbonyl (C=O) groups is 1. The van der Waals surface area contributed by atoms with Crippen LogP contribution in [-0.2, 0) is 6.42 Å². The normalized spacial score (nSPS) is 10.9. The molecule has 1 atom stereocenters. The van der Waals surface area contributed by atoms with Crippen molar-refractivity contribution in [1.82, 2.24) is 0 Å². The molecule has 0 aliphatic rings. The third-order valence-electron chi connectivity index (χ3n) is 3.67. The van der Waals surface area contributed by atoms with E-state index in [1.807, 2.05) is 42.5 Å². The highest BCUT2D eigenvalue weighted by atomic mass is 16.1. The van der Waals surface area contributed by atoms with Crippen molar-refractivity contribution in [2.45, 2.75) is 25.2 Å². The first-order valence-corrected chi connectivity index (χ1v) is 7.36. The van der Waals surface area contributed by atoms with Gasteiger partial charge in [-0.2, -0.15) is 0 Å². The molecule has 108 valence electrons. The fourth-order valence-electron chi connectivity index (χ4n) is 2.62. The molecule has 0 aliphatic carbocycles. The Balaban J connectivity index is 2.24. The third kappa shape index (κ3) is 4.37. The molecule has 2 rings (SSSR count). The molecule has 2 aromatic carbocycles. The number of aldehydes is 1. The van der Waals surface area contributed by atoms with Crippen LogP contribution in [0.1, 0.15) is 40.2 Å². The fraction of sp³-hybridized carbons (Fsp3) is 0.190. The summed E-state index contributed by atoms with van der Waals surface area (Å²) in [5.74, 6) is 8.24. The molecule has 0 spiro atoms. The second-order valence-corrected chi connectivity index (χ2v) is 5.12. The van der Waals surface area contributed by atoms with Crippen molar-refractivity contribution in [3.8, 4) is 24.2 Å². The summed E-state index contributed by atoms with van der Waals surface area (Å²) in [5.41, 5.74) is 3.11. The zero-order chi connectivity index (χ0) is 15.6. The smallest absolute Gasteiger partial charge is 0.150 e. The zero-order valence-corrected chi connectivity index (χ0v) is 12.5. The minimum absolute atomic E-state index is 0.260. The van der Waals surface area contributed by atoms with Crippen LogP contribution < -0.4 is 0 Å². The topological polar surface area (TPSA) is 17.1 Å². The van der Waals surface area contributed by atoms with Crippen LogP contribution in [0.3, 0.4) is 0 Å². The Labute approximate surface area is 132 Å². The predicted octanol–water partition coefficient (Wildman–Crippen LogP) is 4.24. The van der Waals surface area contributed by atoms with Crippen molar-refractivity contribution < 1.29 is 4.79 Å². The van der Waals surface area contributed by atoms with Crippen LogP contribution >= 0.6 is 0 Å². The molecule has 2 aromatic rings. The summed E-state index contributed by atoms with van der Waals surface area (Å²) >= 11 is 0. The van der Waals surface area contributed by atoms with E-state index >= 15 is 0 Å². The van der Waals surface area contributed by atoms with Gasteiger partial charge in [-0.05, 0) is 41.7 Å². The molecule has 0 saturated carbocycles. The maximum absolute atomic E-state index is 11.3. The minimum Gasteiger partial charge on any atom is -0.298 e. The summed E-state index contributed by atoms with van der Waals surface area (Å²) in [6, 6.07) is 18.1. The van der Waals surface area contributed by atoms with Crippen LogP contribution in [0, 0.1) is 24.2 Å². The summed E-state index contributed by atoms with van der Waals surface area (Å²) in [6.45, 7) is 0. The van der Waals surface area contributed by atoms with E-state index in [0.29, 0.717) is 0 Å². The van der Waals surface area contributed by atoms with Gasteiger partial charge in [0.1, 0.15) is 6.29 Å². The van der Waals surface area contributed by atoms with E-state index in [2.05, 4.69) is 29.9 Å². The van der Waals surface area contributed by atoms with Crippen molar-refractivity contribution in [1.29, 1.82) is 0 Å². The predicted molar refractivity (Wildman–Crippen MR) is 90.6 cm³/mol. The van der Waals surface area contributed by atoms with Gasteiger partial charge >= 0.3 is 0 Å². The summed E-state index contributed by atoms with van der Waals surface area (Å²) in [6.07, 6.45) is 8.59. The van der Waals surface area contributed by atoms with Gasteiger partial charge in [-0.3, -0.25) is 4.79 Å². The van der Waals surface area contributed by atoms with Crippen molar-refractivity contribution in [3.05, 3.63) is 71.3 Å². The Hall–Kier alpha value is -2.77. The van der Waals surface area contributed by atoms with E-state index in [1.54, 1.807) is 0 Å². The van der Waals surface area contributed by atoms with Gasteiger partial charge in [0, 0.05) is 12.0 Å². The Morgan fingerprint density at radius 2 is 1.77 bits per heavy atom. The molecule has 1 nitrogen and oxygen atoms in total. The summed E-state index contributed by atoms with van der Waals surface area (Å²) in [7, 11) is 0. The van der Waals surface area contributed by atoms with E-state index < -0.39 is 0 Å². The molecule has 22 heavy (non-hydrogen) atoms. The lowest BCUT2D eigenvalue weighted by Crippen LogP contribution is -2.06. The lowest BCUT2D eigenvalue weighted by Gasteiger charge is -2.18. The van der Waals surface area contributed by atoms with E-state index in [4.69, 9.17) is 6.42 Å². The Bertz CT molecular complexity index is 711. The molecule has 0 aromatic heterocycles. The number of hydrogen-bond donors (Lipinski definition) is 0. The highest BCUT2D eigenvalue weighted by molar-refractivity contribution is 5.77. The van der Waals surface area contributed by atoms with Crippen LogP contribution in [0.4, 0.5) is 0 Å². The molecule has 0 heterocycles. The molecule has 0 aliphatic heterocycles. The SMILES string of the molecule is C#CC#CCCC(Cc1ccccc1)c1ccccc1C=O. The maximum atomic E-state index is 11.3. The lowest BCUT2D eigenvalue weighted by molar-refractivity contribution is 0.112. The van der Waals surface area contributed by atoms with Gasteiger partial charge in [-0.25, -0.2) is 0 Å². The highest BCUT2D eigenvalue weighted by Gasteiger charge is 2.15. The first-order valence-electron chi connectivity index (χ1n) is 7.36. The summed E-state index contributed by atoms with van der Waals surface area (Å²) in [4.78, 5) is 11.3. The van der Waals surface area contributed by atoms with Crippen LogP contribution in [-0.4, -0.2) is 6.29 Å². The van der Waals surface area contributed by atoms with E-state index in [1.165, 1.54) is 5.56 Å². The first-order chi connectivity index (χ1) is 10.8. The number of hydrogen-bond acceptors (Lipinski definition) is 1. The molecular formula is C21H18O. The van der Waals surface area contributed by atoms with Crippen molar-refractivity contribution in [2.75, 3.05) is 0 Å². The van der Waals surface area contributed by atoms with Crippen LogP contribution in [0.25, 0.3) is 0 Å². The molecule has 0 bridgehead atoms. The highest BCUT2D eigenvalue weighted by Crippen LogP contribution is 2.27. The Morgan fingerprint density at radius 1 is 1.05 bits per heavy atom. The van der Waals surface area contributed by atoms with Gasteiger partial charge in [0.2, 0.25) is 0 Å². The molecular weight excluding hydrogens is 268 g/mol. The molecule has 0 N–H and O–H groups in total. The molecule has 0 radical (unpaired) electrons. The molecule has 1 unspecified atom stereocenters. The van der Waals surface area contributed by atoms with Crippen LogP contribution in [0.2, 0.25) is 0 Å². The quantitative estimate of drug-likeness (QED) is 0.573. The zero-order valence-electron chi connectivity index (χ0n) is 12.5. The monoisotopic (exact) mass is 286 g/mol. The first kappa shape index (κ1) is 15.6. The van der Waals surface area contributed by atoms with E-state index in [-0.39, 0.29) is 5.92 Å². The van der Waals surface area contributed by atoms with E-state index in [0.717, 1.165) is 36.7 Å². The van der Waals surface area contributed by atoms with Crippen molar-refractivity contribution in [2.24, 2.45) is 0 Å². The van der Waals surface area contributed by atoms with Gasteiger partial charge in [0.15, 0.2) is 0 Å². The minimum atomic E-state index is 0.260. The van der Waals surface area contributed by atoms with Crippen LogP contribution in [0.5, 0.6) is 0 Å². The van der Waals surface area contributed by atoms with Gasteiger partial charge in [0.25, 0.3) is 0 Å². The second-order valence-electron chi connectivity index (χ2n) is 5.12. The van der Waals surface area contributed by atoms with Gasteiger partial charge in [-0.1, -0.05) is 60.5 Å². The van der Waals surface area contributed by atoms with Crippen molar-refractivity contribution >= 4 is 6.29 Å². The number of carbonyl (C=O) groups excluding carboxylic acids is 1.